The molecule has 0 saturated heterocycles. The molecule has 0 unspecified atom stereocenters. The normalized spacial score (nSPS) is 11.8. The number of rotatable bonds is 6. The molecule has 0 fully saturated rings. The summed E-state index contributed by atoms with van der Waals surface area (Å²) in [6.07, 6.45) is 0.663. The molecule has 4 nitrogen and oxygen atoms in total. The lowest BCUT2D eigenvalue weighted by Gasteiger charge is -2.10. The average molecular weight is 375 g/mol. The standard InChI is InChI=1S/C19H22N2O2S2/c1-14-13-17(16(3)21(14)18-7-5-4-6-8-18)11-12-20-25(22,23)19-10-9-15(2)24-19/h4-10,13,20H,11-12H2,1-3H3. The second-order valence-corrected chi connectivity index (χ2v) is 9.36. The molecular formula is C19H22N2O2S2. The van der Waals surface area contributed by atoms with E-state index in [1.807, 2.05) is 31.2 Å². The summed E-state index contributed by atoms with van der Waals surface area (Å²) in [4.78, 5) is 0.992. The first-order valence-electron chi connectivity index (χ1n) is 8.18. The van der Waals surface area contributed by atoms with Gasteiger partial charge in [-0.05, 0) is 63.1 Å². The fraction of sp³-hybridized carbons (Fsp3) is 0.263. The van der Waals surface area contributed by atoms with Gasteiger partial charge in [0.15, 0.2) is 0 Å². The number of aryl methyl sites for hydroxylation is 2. The van der Waals surface area contributed by atoms with E-state index in [9.17, 15) is 8.42 Å². The van der Waals surface area contributed by atoms with Crippen LogP contribution in [0.15, 0.2) is 52.7 Å². The molecule has 25 heavy (non-hydrogen) atoms. The monoisotopic (exact) mass is 374 g/mol. The van der Waals surface area contributed by atoms with Crippen molar-refractivity contribution >= 4 is 21.4 Å². The lowest BCUT2D eigenvalue weighted by Crippen LogP contribution is -2.25. The zero-order chi connectivity index (χ0) is 18.0. The highest BCUT2D eigenvalue weighted by Crippen LogP contribution is 2.22. The number of sulfonamides is 1. The first-order chi connectivity index (χ1) is 11.9. The maximum Gasteiger partial charge on any atom is 0.250 e. The second-order valence-electron chi connectivity index (χ2n) is 6.08. The smallest absolute Gasteiger partial charge is 0.250 e. The molecule has 0 radical (unpaired) electrons. The Morgan fingerprint density at radius 1 is 1.04 bits per heavy atom. The van der Waals surface area contributed by atoms with E-state index in [0.29, 0.717) is 17.2 Å². The van der Waals surface area contributed by atoms with Crippen LogP contribution >= 0.6 is 11.3 Å². The molecule has 3 aromatic rings. The van der Waals surface area contributed by atoms with Crippen LogP contribution in [0.2, 0.25) is 0 Å². The highest BCUT2D eigenvalue weighted by Gasteiger charge is 2.16. The van der Waals surface area contributed by atoms with E-state index >= 15 is 0 Å². The minimum absolute atomic E-state index is 0.375. The van der Waals surface area contributed by atoms with E-state index < -0.39 is 10.0 Å². The summed E-state index contributed by atoms with van der Waals surface area (Å²) in [7, 11) is -3.42. The summed E-state index contributed by atoms with van der Waals surface area (Å²) in [6.45, 7) is 6.44. The first kappa shape index (κ1) is 17.9. The van der Waals surface area contributed by atoms with Crippen molar-refractivity contribution in [1.82, 2.24) is 9.29 Å². The lowest BCUT2D eigenvalue weighted by atomic mass is 10.2. The van der Waals surface area contributed by atoms with E-state index in [-0.39, 0.29) is 0 Å². The summed E-state index contributed by atoms with van der Waals surface area (Å²) < 4.78 is 29.9. The van der Waals surface area contributed by atoms with Gasteiger partial charge in [0.1, 0.15) is 4.21 Å². The van der Waals surface area contributed by atoms with Crippen LogP contribution in [0.3, 0.4) is 0 Å². The average Bonchev–Trinajstić information content (AvgIpc) is 3.13. The van der Waals surface area contributed by atoms with Crippen LogP contribution in [0, 0.1) is 20.8 Å². The highest BCUT2D eigenvalue weighted by atomic mass is 32.2. The Morgan fingerprint density at radius 3 is 2.40 bits per heavy atom. The SMILES string of the molecule is Cc1ccc(S(=O)(=O)NCCc2cc(C)n(-c3ccccc3)c2C)s1. The Morgan fingerprint density at radius 2 is 1.76 bits per heavy atom. The van der Waals surface area contributed by atoms with Crippen LogP contribution in [-0.2, 0) is 16.4 Å². The number of nitrogens with zero attached hydrogens (tertiary/aromatic N) is 1. The van der Waals surface area contributed by atoms with Crippen molar-refractivity contribution in [2.24, 2.45) is 0 Å². The number of thiophene rings is 1. The fourth-order valence-corrected chi connectivity index (χ4v) is 5.36. The first-order valence-corrected chi connectivity index (χ1v) is 10.5. The molecule has 2 aromatic heterocycles. The molecular weight excluding hydrogens is 352 g/mol. The molecule has 3 rings (SSSR count). The number of para-hydroxylation sites is 1. The van der Waals surface area contributed by atoms with Gasteiger partial charge in [0, 0.05) is 28.5 Å². The minimum atomic E-state index is -3.42. The summed E-state index contributed by atoms with van der Waals surface area (Å²) in [5, 5.41) is 0. The number of nitrogens with one attached hydrogen (secondary N) is 1. The molecule has 6 heteroatoms. The number of aromatic nitrogens is 1. The van der Waals surface area contributed by atoms with Gasteiger partial charge in [-0.15, -0.1) is 11.3 Å². The predicted octanol–water partition coefficient (Wildman–Crippen LogP) is 3.99. The zero-order valence-electron chi connectivity index (χ0n) is 14.6. The van der Waals surface area contributed by atoms with Gasteiger partial charge in [-0.1, -0.05) is 18.2 Å². The largest absolute Gasteiger partial charge is 0.318 e. The van der Waals surface area contributed by atoms with Crippen molar-refractivity contribution in [1.29, 1.82) is 0 Å². The quantitative estimate of drug-likeness (QED) is 0.709. The van der Waals surface area contributed by atoms with Crippen molar-refractivity contribution in [3.05, 3.63) is 70.4 Å². The number of hydrogen-bond acceptors (Lipinski definition) is 3. The Bertz CT molecular complexity index is 970. The van der Waals surface area contributed by atoms with Crippen LogP contribution < -0.4 is 4.72 Å². The van der Waals surface area contributed by atoms with Gasteiger partial charge in [-0.3, -0.25) is 0 Å². The van der Waals surface area contributed by atoms with Gasteiger partial charge < -0.3 is 4.57 Å². The topological polar surface area (TPSA) is 51.1 Å². The second kappa shape index (κ2) is 7.15. The summed E-state index contributed by atoms with van der Waals surface area (Å²) in [6, 6.07) is 15.8. The third-order valence-electron chi connectivity index (χ3n) is 4.22. The van der Waals surface area contributed by atoms with Crippen molar-refractivity contribution < 1.29 is 8.42 Å². The van der Waals surface area contributed by atoms with Crippen molar-refractivity contribution in [3.8, 4) is 5.69 Å². The zero-order valence-corrected chi connectivity index (χ0v) is 16.2. The van der Waals surface area contributed by atoms with Crippen LogP contribution in [0.4, 0.5) is 0 Å². The predicted molar refractivity (Wildman–Crippen MR) is 103 cm³/mol. The molecule has 0 spiro atoms. The van der Waals surface area contributed by atoms with Gasteiger partial charge in [0.05, 0.1) is 0 Å². The summed E-state index contributed by atoms with van der Waals surface area (Å²) in [5.41, 5.74) is 4.58. The molecule has 0 aliphatic heterocycles. The van der Waals surface area contributed by atoms with Crippen LogP contribution in [0.25, 0.3) is 5.69 Å². The Balaban J connectivity index is 1.72. The van der Waals surface area contributed by atoms with Crippen molar-refractivity contribution in [2.75, 3.05) is 6.54 Å². The van der Waals surface area contributed by atoms with Crippen molar-refractivity contribution in [3.63, 3.8) is 0 Å². The molecule has 2 heterocycles. The molecule has 0 saturated carbocycles. The van der Waals surface area contributed by atoms with Crippen LogP contribution in [0.5, 0.6) is 0 Å². The molecule has 132 valence electrons. The van der Waals surface area contributed by atoms with E-state index in [2.05, 4.69) is 41.3 Å². The van der Waals surface area contributed by atoms with E-state index in [4.69, 9.17) is 0 Å². The molecule has 0 amide bonds. The Kier molecular flexibility index (Phi) is 5.13. The van der Waals surface area contributed by atoms with Gasteiger partial charge in [-0.2, -0.15) is 0 Å². The van der Waals surface area contributed by atoms with E-state index in [0.717, 1.165) is 27.5 Å². The molecule has 0 aliphatic rings. The third-order valence-corrected chi connectivity index (χ3v) is 7.17. The van der Waals surface area contributed by atoms with Gasteiger partial charge in [0.25, 0.3) is 0 Å². The fourth-order valence-electron chi connectivity index (χ4n) is 3.00. The highest BCUT2D eigenvalue weighted by molar-refractivity contribution is 7.91. The third kappa shape index (κ3) is 3.86. The Labute approximate surface area is 153 Å². The van der Waals surface area contributed by atoms with E-state index in [1.165, 1.54) is 11.3 Å². The molecule has 0 bridgehead atoms. The van der Waals surface area contributed by atoms with Gasteiger partial charge in [-0.25, -0.2) is 13.1 Å². The minimum Gasteiger partial charge on any atom is -0.318 e. The number of benzene rings is 1. The molecule has 0 aliphatic carbocycles. The molecule has 1 N–H and O–H groups in total. The van der Waals surface area contributed by atoms with Crippen molar-refractivity contribution in [2.45, 2.75) is 31.4 Å². The molecule has 1 aromatic carbocycles. The van der Waals surface area contributed by atoms with E-state index in [1.54, 1.807) is 6.07 Å². The Hall–Kier alpha value is -1.89. The maximum atomic E-state index is 12.3. The van der Waals surface area contributed by atoms with Gasteiger partial charge in [0.2, 0.25) is 10.0 Å². The summed E-state index contributed by atoms with van der Waals surface area (Å²) >= 11 is 1.29. The number of hydrogen-bond donors (Lipinski definition) is 1. The maximum absolute atomic E-state index is 12.3. The van der Waals surface area contributed by atoms with Gasteiger partial charge >= 0.3 is 0 Å². The lowest BCUT2D eigenvalue weighted by molar-refractivity contribution is 0.583. The van der Waals surface area contributed by atoms with Crippen LogP contribution in [-0.4, -0.2) is 19.5 Å². The summed E-state index contributed by atoms with van der Waals surface area (Å²) in [5.74, 6) is 0. The van der Waals surface area contributed by atoms with Crippen LogP contribution in [0.1, 0.15) is 21.8 Å². The molecule has 0 atom stereocenters.